The molecule has 5 heteroatoms. The summed E-state index contributed by atoms with van der Waals surface area (Å²) in [6, 6.07) is 9.00. The van der Waals surface area contributed by atoms with Crippen LogP contribution in [0.4, 0.5) is 0 Å². The predicted molar refractivity (Wildman–Crippen MR) is 103 cm³/mol. The van der Waals surface area contributed by atoms with E-state index >= 15 is 0 Å². The topological polar surface area (TPSA) is 25.8 Å². The van der Waals surface area contributed by atoms with Crippen LogP contribution in [-0.4, -0.2) is 28.3 Å². The first-order chi connectivity index (χ1) is 11.2. The van der Waals surface area contributed by atoms with Crippen molar-refractivity contribution in [1.82, 2.24) is 9.97 Å². The second kappa shape index (κ2) is 9.94. The van der Waals surface area contributed by atoms with Gasteiger partial charge in [0.15, 0.2) is 0 Å². The van der Waals surface area contributed by atoms with Crippen LogP contribution in [0.5, 0.6) is 0 Å². The van der Waals surface area contributed by atoms with E-state index in [1.165, 1.54) is 32.6 Å². The van der Waals surface area contributed by atoms with Crippen LogP contribution in [0.15, 0.2) is 34.3 Å². The molecule has 2 heterocycles. The number of hydrogen-bond donors (Lipinski definition) is 0. The summed E-state index contributed by atoms with van der Waals surface area (Å²) in [5.41, 5.74) is 5.25. The van der Waals surface area contributed by atoms with Gasteiger partial charge in [-0.3, -0.25) is 0 Å². The molecule has 0 aliphatic rings. The number of aromatic nitrogens is 2. The maximum atomic E-state index is 4.77. The molecule has 0 spiro atoms. The zero-order valence-electron chi connectivity index (χ0n) is 14.3. The molecule has 0 aliphatic heterocycles. The summed E-state index contributed by atoms with van der Waals surface area (Å²) in [6.07, 6.45) is 4.20. The Kier molecular flexibility index (Phi) is 8.27. The Morgan fingerprint density at radius 3 is 1.48 bits per heavy atom. The number of hydrogen-bond acceptors (Lipinski definition) is 4. The van der Waals surface area contributed by atoms with Gasteiger partial charge in [0, 0.05) is 0 Å². The molecule has 2 aromatic heterocycles. The van der Waals surface area contributed by atoms with Crippen LogP contribution in [0.25, 0.3) is 0 Å². The second-order valence-electron chi connectivity index (χ2n) is 5.31. The first-order valence-corrected chi connectivity index (χ1v) is 16.9. The molecule has 2 nitrogen and oxygen atoms in total. The fraction of sp³-hybridized carbons (Fsp3) is 0.444. The Morgan fingerprint density at radius 1 is 0.696 bits per heavy atom. The summed E-state index contributed by atoms with van der Waals surface area (Å²) >= 11 is -0.668. The third-order valence-corrected chi connectivity index (χ3v) is 13.0. The molecule has 0 amide bonds. The third-order valence-electron chi connectivity index (χ3n) is 3.66. The molecule has 122 valence electrons. The molecule has 2 aromatic rings. The molecule has 0 aliphatic carbocycles. The zero-order valence-corrected chi connectivity index (χ0v) is 18.8. The number of nitrogens with zero attached hydrogens (tertiary/aromatic N) is 2. The summed E-state index contributed by atoms with van der Waals surface area (Å²) in [5.74, 6) is 0. The average Bonchev–Trinajstić information content (AvgIpc) is 2.60. The maximum absolute atomic E-state index is 4.77. The standard InChI is InChI=1S/2C9H13NS.Sn/c2*1-3-7-5-8(4-2)10-9(11)6-7;/h2*5-6H,3-4H2,1-2H3,(H,10,11);/q;;+2/p-2. The molecule has 2 rings (SSSR count). The van der Waals surface area contributed by atoms with Crippen molar-refractivity contribution in [2.24, 2.45) is 0 Å². The van der Waals surface area contributed by atoms with E-state index in [4.69, 9.17) is 9.97 Å². The minimum absolute atomic E-state index is 0.668. The van der Waals surface area contributed by atoms with Gasteiger partial charge in [-0.1, -0.05) is 0 Å². The molecule has 0 unspecified atom stereocenters. The van der Waals surface area contributed by atoms with E-state index in [0.717, 1.165) is 25.7 Å². The molecule has 0 bridgehead atoms. The summed E-state index contributed by atoms with van der Waals surface area (Å²) in [6.45, 7) is 8.78. The van der Waals surface area contributed by atoms with Crippen LogP contribution < -0.4 is 0 Å². The van der Waals surface area contributed by atoms with Gasteiger partial charge in [0.05, 0.1) is 0 Å². The van der Waals surface area contributed by atoms with E-state index in [2.05, 4.69) is 52.0 Å². The fourth-order valence-electron chi connectivity index (χ4n) is 2.22. The zero-order chi connectivity index (χ0) is 16.7. The van der Waals surface area contributed by atoms with Crippen LogP contribution in [0.1, 0.15) is 50.2 Å². The van der Waals surface area contributed by atoms with Gasteiger partial charge in [-0.2, -0.15) is 0 Å². The van der Waals surface area contributed by atoms with Crippen molar-refractivity contribution in [3.05, 3.63) is 46.8 Å². The van der Waals surface area contributed by atoms with Crippen molar-refractivity contribution < 1.29 is 0 Å². The van der Waals surface area contributed by atoms with Crippen LogP contribution in [0.3, 0.4) is 0 Å². The van der Waals surface area contributed by atoms with Gasteiger partial charge in [-0.05, 0) is 0 Å². The van der Waals surface area contributed by atoms with E-state index in [1.807, 2.05) is 17.9 Å². The number of rotatable bonds is 8. The van der Waals surface area contributed by atoms with Crippen molar-refractivity contribution in [2.45, 2.75) is 63.4 Å². The summed E-state index contributed by atoms with van der Waals surface area (Å²) < 4.78 is 0. The third kappa shape index (κ3) is 5.98. The number of aryl methyl sites for hydroxylation is 4. The molecule has 0 saturated carbocycles. The van der Waals surface area contributed by atoms with Gasteiger partial charge in [-0.15, -0.1) is 0 Å². The van der Waals surface area contributed by atoms with Crippen LogP contribution in [0.2, 0.25) is 0 Å². The Balaban J connectivity index is 2.02. The Morgan fingerprint density at radius 2 is 1.13 bits per heavy atom. The van der Waals surface area contributed by atoms with Gasteiger partial charge in [0.25, 0.3) is 0 Å². The Labute approximate surface area is 155 Å². The van der Waals surface area contributed by atoms with Crippen molar-refractivity contribution in [3.8, 4) is 0 Å². The van der Waals surface area contributed by atoms with E-state index in [-0.39, 0.29) is 0 Å². The van der Waals surface area contributed by atoms with Gasteiger partial charge in [-0.25, -0.2) is 0 Å². The van der Waals surface area contributed by atoms with Gasteiger partial charge in [0.2, 0.25) is 0 Å². The van der Waals surface area contributed by atoms with Gasteiger partial charge < -0.3 is 0 Å². The average molecular weight is 451 g/mol. The molecule has 0 aromatic carbocycles. The van der Waals surface area contributed by atoms with Crippen molar-refractivity contribution in [1.29, 1.82) is 0 Å². The predicted octanol–water partition coefficient (Wildman–Crippen LogP) is 5.14. The first-order valence-electron chi connectivity index (χ1n) is 8.26. The van der Waals surface area contributed by atoms with Crippen LogP contribution >= 0.6 is 17.9 Å². The molecule has 0 atom stereocenters. The molecule has 2 radical (unpaired) electrons. The Hall–Kier alpha value is -0.201. The molecular weight excluding hydrogens is 427 g/mol. The molecule has 0 saturated heterocycles. The SMILES string of the molecule is CCc1cc(CC)nc([S][Sn][S]c2cc(CC)cc(CC)n2)c1. The monoisotopic (exact) mass is 452 g/mol. The Bertz CT molecular complexity index is 547. The normalized spacial score (nSPS) is 11.0. The molecular formula is C18H24N2S2Sn. The first kappa shape index (κ1) is 19.1. The second-order valence-corrected chi connectivity index (χ2v) is 15.0. The van der Waals surface area contributed by atoms with Gasteiger partial charge >= 0.3 is 156 Å². The quantitative estimate of drug-likeness (QED) is 0.519. The molecule has 0 N–H and O–H groups in total. The van der Waals surface area contributed by atoms with E-state index in [1.54, 1.807) is 0 Å². The minimum atomic E-state index is -0.668. The summed E-state index contributed by atoms with van der Waals surface area (Å²) in [4.78, 5) is 9.54. The van der Waals surface area contributed by atoms with E-state index < -0.39 is 18.4 Å². The summed E-state index contributed by atoms with van der Waals surface area (Å²) in [7, 11) is 3.97. The molecule has 23 heavy (non-hydrogen) atoms. The van der Waals surface area contributed by atoms with E-state index in [0.29, 0.717) is 0 Å². The van der Waals surface area contributed by atoms with Gasteiger partial charge in [0.1, 0.15) is 0 Å². The fourth-order valence-corrected chi connectivity index (χ4v) is 11.1. The van der Waals surface area contributed by atoms with Crippen molar-refractivity contribution in [2.75, 3.05) is 0 Å². The van der Waals surface area contributed by atoms with Crippen molar-refractivity contribution in [3.63, 3.8) is 0 Å². The van der Waals surface area contributed by atoms with Crippen LogP contribution in [0, 0.1) is 0 Å². The van der Waals surface area contributed by atoms with E-state index in [9.17, 15) is 0 Å². The summed E-state index contributed by atoms with van der Waals surface area (Å²) in [5, 5.41) is 2.42. The molecule has 0 fully saturated rings. The van der Waals surface area contributed by atoms with Crippen molar-refractivity contribution >= 4 is 36.3 Å². The number of pyridine rings is 2. The van der Waals surface area contributed by atoms with Crippen LogP contribution in [-0.2, 0) is 25.7 Å².